The molecule has 0 spiro atoms. The molecule has 0 saturated carbocycles. The van der Waals surface area contributed by atoms with E-state index in [1.807, 2.05) is 25.2 Å². The number of hydrogen-bond acceptors (Lipinski definition) is 3. The topological polar surface area (TPSA) is 56.1 Å². The molecule has 0 aliphatic rings. The molecule has 2 rings (SSSR count). The van der Waals surface area contributed by atoms with Crippen molar-refractivity contribution in [1.29, 1.82) is 5.26 Å². The van der Waals surface area contributed by atoms with Crippen LogP contribution in [-0.4, -0.2) is 19.5 Å². The van der Waals surface area contributed by atoms with Gasteiger partial charge in [-0.25, -0.2) is 8.78 Å². The van der Waals surface area contributed by atoms with Gasteiger partial charge in [0.05, 0.1) is 6.07 Å². The summed E-state index contributed by atoms with van der Waals surface area (Å²) in [4.78, 5) is 14.4. The highest BCUT2D eigenvalue weighted by molar-refractivity contribution is 5.95. The monoisotopic (exact) mass is 357 g/mol. The molecule has 6 heteroatoms. The molecule has 1 amide bonds. The van der Waals surface area contributed by atoms with Crippen molar-refractivity contribution >= 4 is 11.6 Å². The molecule has 1 unspecified atom stereocenters. The number of carbonyl (C=O) groups is 1. The summed E-state index contributed by atoms with van der Waals surface area (Å²) in [6, 6.07) is 10.5. The lowest BCUT2D eigenvalue weighted by Gasteiger charge is -2.19. The van der Waals surface area contributed by atoms with Gasteiger partial charge >= 0.3 is 0 Å². The van der Waals surface area contributed by atoms with Crippen LogP contribution < -0.4 is 10.2 Å². The molecule has 0 bridgehead atoms. The molecule has 2 aromatic rings. The van der Waals surface area contributed by atoms with Gasteiger partial charge < -0.3 is 10.2 Å². The molecule has 0 saturated heterocycles. The van der Waals surface area contributed by atoms with Crippen LogP contribution in [0.5, 0.6) is 0 Å². The van der Waals surface area contributed by atoms with Gasteiger partial charge in [0.25, 0.3) is 5.91 Å². The molecule has 4 nitrogen and oxygen atoms in total. The number of nitriles is 1. The van der Waals surface area contributed by atoms with Crippen LogP contribution in [0.4, 0.5) is 14.5 Å². The van der Waals surface area contributed by atoms with Gasteiger partial charge in [0, 0.05) is 36.5 Å². The van der Waals surface area contributed by atoms with E-state index in [-0.39, 0.29) is 5.56 Å². The smallest absolute Gasteiger partial charge is 0.252 e. The fourth-order valence-corrected chi connectivity index (χ4v) is 2.52. The lowest BCUT2D eigenvalue weighted by Crippen LogP contribution is -2.28. The molecule has 2 aromatic carbocycles. The van der Waals surface area contributed by atoms with Gasteiger partial charge in [-0.15, -0.1) is 0 Å². The molecule has 0 radical (unpaired) electrons. The number of amides is 1. The van der Waals surface area contributed by atoms with E-state index in [9.17, 15) is 18.8 Å². The molecule has 1 atom stereocenters. The van der Waals surface area contributed by atoms with Crippen LogP contribution in [0.1, 0.15) is 41.7 Å². The van der Waals surface area contributed by atoms with Crippen LogP contribution in [0.15, 0.2) is 42.5 Å². The van der Waals surface area contributed by atoms with Gasteiger partial charge in [0.2, 0.25) is 0 Å². The van der Waals surface area contributed by atoms with Crippen LogP contribution in [0, 0.1) is 23.0 Å². The number of halogens is 2. The number of hydrogen-bond donors (Lipinski definition) is 1. The number of anilines is 1. The molecule has 0 heterocycles. The SMILES string of the molecule is CCCCN(C)c1ccc(C(=O)NC(C#N)c2ccc(F)cc2F)cc1. The van der Waals surface area contributed by atoms with Crippen LogP contribution in [0.3, 0.4) is 0 Å². The van der Waals surface area contributed by atoms with Crippen molar-refractivity contribution in [3.05, 3.63) is 65.2 Å². The summed E-state index contributed by atoms with van der Waals surface area (Å²) >= 11 is 0. The number of nitrogens with zero attached hydrogens (tertiary/aromatic N) is 2. The van der Waals surface area contributed by atoms with Gasteiger partial charge in [0.15, 0.2) is 0 Å². The van der Waals surface area contributed by atoms with Crippen molar-refractivity contribution in [3.8, 4) is 6.07 Å². The van der Waals surface area contributed by atoms with Gasteiger partial charge in [-0.05, 0) is 36.8 Å². The van der Waals surface area contributed by atoms with E-state index in [1.54, 1.807) is 12.1 Å². The first-order valence-corrected chi connectivity index (χ1v) is 8.43. The molecule has 1 N–H and O–H groups in total. The first kappa shape index (κ1) is 19.4. The van der Waals surface area contributed by atoms with Crippen molar-refractivity contribution < 1.29 is 13.6 Å². The second-order valence-corrected chi connectivity index (χ2v) is 6.02. The lowest BCUT2D eigenvalue weighted by molar-refractivity contribution is 0.0944. The minimum Gasteiger partial charge on any atom is -0.375 e. The van der Waals surface area contributed by atoms with Crippen molar-refractivity contribution in [2.24, 2.45) is 0 Å². The summed E-state index contributed by atoms with van der Waals surface area (Å²) < 4.78 is 26.8. The van der Waals surface area contributed by atoms with Crippen LogP contribution >= 0.6 is 0 Å². The van der Waals surface area contributed by atoms with E-state index in [0.717, 1.165) is 37.2 Å². The molecule has 0 fully saturated rings. The Labute approximate surface area is 152 Å². The van der Waals surface area contributed by atoms with E-state index in [0.29, 0.717) is 11.6 Å². The Morgan fingerprint density at radius 1 is 1.23 bits per heavy atom. The number of carbonyl (C=O) groups excluding carboxylic acids is 1. The summed E-state index contributed by atoms with van der Waals surface area (Å²) in [6.07, 6.45) is 2.17. The van der Waals surface area contributed by atoms with Crippen molar-refractivity contribution in [2.45, 2.75) is 25.8 Å². The second kappa shape index (κ2) is 8.95. The lowest BCUT2D eigenvalue weighted by atomic mass is 10.1. The normalized spacial score (nSPS) is 11.5. The highest BCUT2D eigenvalue weighted by Gasteiger charge is 2.19. The predicted octanol–water partition coefficient (Wildman–Crippen LogP) is 4.20. The predicted molar refractivity (Wildman–Crippen MR) is 96.8 cm³/mol. The fourth-order valence-electron chi connectivity index (χ4n) is 2.52. The van der Waals surface area contributed by atoms with Crippen LogP contribution in [0.25, 0.3) is 0 Å². The first-order chi connectivity index (χ1) is 12.5. The molecule has 0 aliphatic heterocycles. The zero-order valence-electron chi connectivity index (χ0n) is 14.8. The molecule has 0 aromatic heterocycles. The fraction of sp³-hybridized carbons (Fsp3) is 0.300. The van der Waals surface area contributed by atoms with E-state index in [4.69, 9.17) is 0 Å². The minimum absolute atomic E-state index is 0.0711. The number of nitrogens with one attached hydrogen (secondary N) is 1. The Bertz CT molecular complexity index is 800. The quantitative estimate of drug-likeness (QED) is 0.808. The molecular weight excluding hydrogens is 336 g/mol. The van der Waals surface area contributed by atoms with E-state index >= 15 is 0 Å². The Hall–Kier alpha value is -2.94. The van der Waals surface area contributed by atoms with Gasteiger partial charge in [-0.1, -0.05) is 19.4 Å². The average Bonchev–Trinajstić information content (AvgIpc) is 2.64. The zero-order chi connectivity index (χ0) is 19.1. The number of rotatable bonds is 7. The summed E-state index contributed by atoms with van der Waals surface area (Å²) in [7, 11) is 1.98. The van der Waals surface area contributed by atoms with Gasteiger partial charge in [-0.2, -0.15) is 5.26 Å². The van der Waals surface area contributed by atoms with E-state index < -0.39 is 23.6 Å². The van der Waals surface area contributed by atoms with Crippen LogP contribution in [0.2, 0.25) is 0 Å². The molecule has 136 valence electrons. The molecule has 0 aliphatic carbocycles. The Balaban J connectivity index is 2.09. The highest BCUT2D eigenvalue weighted by Crippen LogP contribution is 2.19. The van der Waals surface area contributed by atoms with Crippen molar-refractivity contribution in [1.82, 2.24) is 5.32 Å². The number of benzene rings is 2. The maximum Gasteiger partial charge on any atom is 0.252 e. The number of unbranched alkanes of at least 4 members (excludes halogenated alkanes) is 1. The summed E-state index contributed by atoms with van der Waals surface area (Å²) in [5.41, 5.74) is 1.27. The maximum absolute atomic E-state index is 13.8. The third-order valence-corrected chi connectivity index (χ3v) is 4.10. The third-order valence-electron chi connectivity index (χ3n) is 4.10. The van der Waals surface area contributed by atoms with Crippen molar-refractivity contribution in [2.75, 3.05) is 18.5 Å². The Morgan fingerprint density at radius 2 is 1.92 bits per heavy atom. The largest absolute Gasteiger partial charge is 0.375 e. The second-order valence-electron chi connectivity index (χ2n) is 6.02. The molecular formula is C20H21F2N3O. The molecule has 26 heavy (non-hydrogen) atoms. The standard InChI is InChI=1S/C20H21F2N3O/c1-3-4-11-25(2)16-8-5-14(6-9-16)20(26)24-19(13-23)17-10-7-15(21)12-18(17)22/h5-10,12,19H,3-4,11H2,1-2H3,(H,24,26). The summed E-state index contributed by atoms with van der Waals surface area (Å²) in [6.45, 7) is 3.04. The van der Waals surface area contributed by atoms with Gasteiger partial charge in [-0.3, -0.25) is 4.79 Å². The van der Waals surface area contributed by atoms with E-state index in [1.165, 1.54) is 0 Å². The Kier molecular flexibility index (Phi) is 6.67. The van der Waals surface area contributed by atoms with Gasteiger partial charge in [0.1, 0.15) is 17.7 Å². The Morgan fingerprint density at radius 3 is 2.50 bits per heavy atom. The first-order valence-electron chi connectivity index (χ1n) is 8.43. The average molecular weight is 357 g/mol. The summed E-state index contributed by atoms with van der Waals surface area (Å²) in [5.74, 6) is -2.11. The third kappa shape index (κ3) is 4.79. The van der Waals surface area contributed by atoms with Crippen molar-refractivity contribution in [3.63, 3.8) is 0 Å². The van der Waals surface area contributed by atoms with Crippen LogP contribution in [-0.2, 0) is 0 Å². The minimum atomic E-state index is -1.20. The van der Waals surface area contributed by atoms with E-state index in [2.05, 4.69) is 17.1 Å². The zero-order valence-corrected chi connectivity index (χ0v) is 14.8. The maximum atomic E-state index is 13.8. The summed E-state index contributed by atoms with van der Waals surface area (Å²) in [5, 5.41) is 11.7. The highest BCUT2D eigenvalue weighted by atomic mass is 19.1.